The number of aromatic nitrogens is 2. The van der Waals surface area contributed by atoms with Gasteiger partial charge in [-0.15, -0.1) is 0 Å². The van der Waals surface area contributed by atoms with Crippen LogP contribution in [0.25, 0.3) is 0 Å². The number of hydrogen-bond acceptors (Lipinski definition) is 3. The molecule has 1 heterocycles. The highest BCUT2D eigenvalue weighted by molar-refractivity contribution is 5.46. The zero-order valence-electron chi connectivity index (χ0n) is 9.82. The van der Waals surface area contributed by atoms with Gasteiger partial charge in [-0.2, -0.15) is 0 Å². The van der Waals surface area contributed by atoms with Gasteiger partial charge in [0, 0.05) is 31.0 Å². The van der Waals surface area contributed by atoms with Crippen LogP contribution in [0, 0.1) is 0 Å². The lowest BCUT2D eigenvalue weighted by Crippen LogP contribution is -2.16. The van der Waals surface area contributed by atoms with Crippen molar-refractivity contribution in [2.45, 2.75) is 19.4 Å². The lowest BCUT2D eigenvalue weighted by atomic mass is 10.2. The summed E-state index contributed by atoms with van der Waals surface area (Å²) in [6.45, 7) is 1.79. The molecule has 1 aromatic carbocycles. The minimum atomic E-state index is 0.824. The number of aryl methyl sites for hydroxylation is 1. The summed E-state index contributed by atoms with van der Waals surface area (Å²) in [5, 5.41) is 3.38. The Kier molecular flexibility index (Phi) is 4.16. The number of aromatic amines is 1. The third kappa shape index (κ3) is 3.60. The van der Waals surface area contributed by atoms with Gasteiger partial charge in [-0.1, -0.05) is 18.2 Å². The topological polar surface area (TPSA) is 66.7 Å². The molecule has 0 amide bonds. The number of H-pyrrole nitrogens is 1. The van der Waals surface area contributed by atoms with Crippen molar-refractivity contribution >= 4 is 5.69 Å². The highest BCUT2D eigenvalue weighted by Gasteiger charge is 1.97. The number of nitrogens with one attached hydrogen (secondary N) is 2. The van der Waals surface area contributed by atoms with Crippen LogP contribution in [0.4, 0.5) is 5.69 Å². The fraction of sp³-hybridized carbons (Fsp3) is 0.308. The van der Waals surface area contributed by atoms with E-state index in [2.05, 4.69) is 21.4 Å². The van der Waals surface area contributed by atoms with Crippen LogP contribution in [-0.2, 0) is 13.0 Å². The number of imidazole rings is 1. The standard InChI is InChI=1S/C13H18N4/c14-12-5-2-1-4-11(12)10-15-7-3-6-13-16-8-9-17-13/h1-2,4-5,8-9,15H,3,6-7,10,14H2,(H,16,17). The van der Waals surface area contributed by atoms with E-state index < -0.39 is 0 Å². The molecule has 0 atom stereocenters. The minimum absolute atomic E-state index is 0.824. The molecular weight excluding hydrogens is 212 g/mol. The van der Waals surface area contributed by atoms with E-state index in [1.54, 1.807) is 6.20 Å². The van der Waals surface area contributed by atoms with Crippen molar-refractivity contribution in [1.29, 1.82) is 0 Å². The zero-order valence-corrected chi connectivity index (χ0v) is 9.82. The van der Waals surface area contributed by atoms with Gasteiger partial charge >= 0.3 is 0 Å². The first-order valence-corrected chi connectivity index (χ1v) is 5.88. The second kappa shape index (κ2) is 6.06. The summed E-state index contributed by atoms with van der Waals surface area (Å²) >= 11 is 0. The van der Waals surface area contributed by atoms with E-state index in [-0.39, 0.29) is 0 Å². The molecule has 0 spiro atoms. The molecule has 2 rings (SSSR count). The second-order valence-corrected chi connectivity index (χ2v) is 4.02. The van der Waals surface area contributed by atoms with Crippen molar-refractivity contribution in [3.8, 4) is 0 Å². The van der Waals surface area contributed by atoms with Crippen LogP contribution in [0.1, 0.15) is 17.8 Å². The summed E-state index contributed by atoms with van der Waals surface area (Å²) in [6.07, 6.45) is 5.69. The van der Waals surface area contributed by atoms with E-state index in [0.717, 1.165) is 43.0 Å². The maximum absolute atomic E-state index is 5.86. The van der Waals surface area contributed by atoms with E-state index in [0.29, 0.717) is 0 Å². The fourth-order valence-corrected chi connectivity index (χ4v) is 1.73. The largest absolute Gasteiger partial charge is 0.398 e. The van der Waals surface area contributed by atoms with Crippen LogP contribution in [0.3, 0.4) is 0 Å². The lowest BCUT2D eigenvalue weighted by Gasteiger charge is -2.06. The van der Waals surface area contributed by atoms with Gasteiger partial charge in [-0.3, -0.25) is 0 Å². The maximum Gasteiger partial charge on any atom is 0.106 e. The van der Waals surface area contributed by atoms with Crippen molar-refractivity contribution in [2.75, 3.05) is 12.3 Å². The third-order valence-corrected chi connectivity index (χ3v) is 2.69. The number of benzene rings is 1. The molecule has 4 N–H and O–H groups in total. The number of nitrogens with two attached hydrogens (primary N) is 1. The van der Waals surface area contributed by atoms with Gasteiger partial charge in [0.15, 0.2) is 0 Å². The van der Waals surface area contributed by atoms with Gasteiger partial charge in [0.2, 0.25) is 0 Å². The first-order valence-electron chi connectivity index (χ1n) is 5.88. The second-order valence-electron chi connectivity index (χ2n) is 4.02. The van der Waals surface area contributed by atoms with E-state index in [4.69, 9.17) is 5.73 Å². The molecule has 0 unspecified atom stereocenters. The molecule has 0 saturated carbocycles. The van der Waals surface area contributed by atoms with Gasteiger partial charge in [0.05, 0.1) is 0 Å². The van der Waals surface area contributed by atoms with Crippen molar-refractivity contribution in [1.82, 2.24) is 15.3 Å². The Morgan fingerprint density at radius 2 is 2.18 bits per heavy atom. The predicted octanol–water partition coefficient (Wildman–Crippen LogP) is 1.71. The first kappa shape index (κ1) is 11.7. The van der Waals surface area contributed by atoms with Crippen LogP contribution in [0.5, 0.6) is 0 Å². The van der Waals surface area contributed by atoms with Crippen LogP contribution in [-0.4, -0.2) is 16.5 Å². The molecular formula is C13H18N4. The summed E-state index contributed by atoms with van der Waals surface area (Å²) in [7, 11) is 0. The predicted molar refractivity (Wildman–Crippen MR) is 69.5 cm³/mol. The molecule has 2 aromatic rings. The van der Waals surface area contributed by atoms with Crippen LogP contribution < -0.4 is 11.1 Å². The summed E-state index contributed by atoms with van der Waals surface area (Å²) < 4.78 is 0. The number of nitrogen functional groups attached to an aromatic ring is 1. The average molecular weight is 230 g/mol. The molecule has 0 radical (unpaired) electrons. The van der Waals surface area contributed by atoms with Crippen LogP contribution in [0.15, 0.2) is 36.7 Å². The molecule has 4 nitrogen and oxygen atoms in total. The Morgan fingerprint density at radius 3 is 2.94 bits per heavy atom. The lowest BCUT2D eigenvalue weighted by molar-refractivity contribution is 0.642. The normalized spacial score (nSPS) is 10.6. The smallest absolute Gasteiger partial charge is 0.106 e. The molecule has 0 aliphatic rings. The average Bonchev–Trinajstić information content (AvgIpc) is 2.84. The first-order chi connectivity index (χ1) is 8.36. The third-order valence-electron chi connectivity index (χ3n) is 2.69. The molecule has 90 valence electrons. The molecule has 0 aliphatic heterocycles. The van der Waals surface area contributed by atoms with Gasteiger partial charge in [0.25, 0.3) is 0 Å². The van der Waals surface area contributed by atoms with E-state index in [9.17, 15) is 0 Å². The molecule has 1 aromatic heterocycles. The van der Waals surface area contributed by atoms with E-state index in [1.807, 2.05) is 24.4 Å². The number of para-hydroxylation sites is 1. The van der Waals surface area contributed by atoms with Crippen molar-refractivity contribution in [3.63, 3.8) is 0 Å². The quantitative estimate of drug-likeness (QED) is 0.523. The molecule has 4 heteroatoms. The Labute approximate surface area is 101 Å². The summed E-state index contributed by atoms with van der Waals surface area (Å²) in [6, 6.07) is 7.95. The van der Waals surface area contributed by atoms with Crippen molar-refractivity contribution < 1.29 is 0 Å². The highest BCUT2D eigenvalue weighted by atomic mass is 14.9. The minimum Gasteiger partial charge on any atom is -0.398 e. The number of nitrogens with zero attached hydrogens (tertiary/aromatic N) is 1. The van der Waals surface area contributed by atoms with E-state index in [1.165, 1.54) is 0 Å². The Morgan fingerprint density at radius 1 is 1.29 bits per heavy atom. The number of rotatable bonds is 6. The summed E-state index contributed by atoms with van der Waals surface area (Å²) in [4.78, 5) is 7.28. The van der Waals surface area contributed by atoms with Gasteiger partial charge in [-0.05, 0) is 24.6 Å². The summed E-state index contributed by atoms with van der Waals surface area (Å²) in [5.74, 6) is 1.05. The molecule has 0 fully saturated rings. The fourth-order valence-electron chi connectivity index (χ4n) is 1.73. The van der Waals surface area contributed by atoms with Crippen molar-refractivity contribution in [2.24, 2.45) is 0 Å². The SMILES string of the molecule is Nc1ccccc1CNCCCc1ncc[nH]1. The Bertz CT molecular complexity index is 436. The monoisotopic (exact) mass is 230 g/mol. The van der Waals surface area contributed by atoms with Crippen LogP contribution >= 0.6 is 0 Å². The highest BCUT2D eigenvalue weighted by Crippen LogP contribution is 2.09. The van der Waals surface area contributed by atoms with Crippen LogP contribution in [0.2, 0.25) is 0 Å². The van der Waals surface area contributed by atoms with Gasteiger partial charge in [0.1, 0.15) is 5.82 Å². The Balaban J connectivity index is 1.65. The number of anilines is 1. The van der Waals surface area contributed by atoms with Gasteiger partial charge < -0.3 is 16.0 Å². The maximum atomic E-state index is 5.86. The van der Waals surface area contributed by atoms with Gasteiger partial charge in [-0.25, -0.2) is 4.98 Å². The molecule has 0 bridgehead atoms. The molecule has 17 heavy (non-hydrogen) atoms. The Hall–Kier alpha value is -1.81. The van der Waals surface area contributed by atoms with Crippen molar-refractivity contribution in [3.05, 3.63) is 48.0 Å². The number of hydrogen-bond donors (Lipinski definition) is 3. The molecule has 0 saturated heterocycles. The van der Waals surface area contributed by atoms with E-state index >= 15 is 0 Å². The molecule has 0 aliphatic carbocycles. The zero-order chi connectivity index (χ0) is 11.9. The summed E-state index contributed by atoms with van der Waals surface area (Å²) in [5.41, 5.74) is 7.87.